The minimum absolute atomic E-state index is 0.0684. The average molecular weight is 423 g/mol. The number of amides is 2. The number of hydrogen-bond acceptors (Lipinski definition) is 4. The van der Waals surface area contributed by atoms with Crippen LogP contribution in [0.1, 0.15) is 36.8 Å². The summed E-state index contributed by atoms with van der Waals surface area (Å²) in [5.41, 5.74) is 1.97. The molecule has 1 saturated carbocycles. The van der Waals surface area contributed by atoms with Gasteiger partial charge in [0.2, 0.25) is 5.91 Å². The van der Waals surface area contributed by atoms with Gasteiger partial charge in [0.1, 0.15) is 11.7 Å². The second-order valence-corrected chi connectivity index (χ2v) is 8.12. The fourth-order valence-electron chi connectivity index (χ4n) is 3.70. The number of rotatable bonds is 8. The summed E-state index contributed by atoms with van der Waals surface area (Å²) in [6, 6.07) is 5.91. The number of ether oxygens (including phenoxy) is 1. The van der Waals surface area contributed by atoms with Crippen molar-refractivity contribution in [2.45, 2.75) is 44.7 Å². The van der Waals surface area contributed by atoms with Gasteiger partial charge in [-0.3, -0.25) is 9.59 Å². The smallest absolute Gasteiger partial charge is 0.407 e. The van der Waals surface area contributed by atoms with E-state index in [0.717, 1.165) is 41.7 Å². The van der Waals surface area contributed by atoms with E-state index in [1.165, 1.54) is 0 Å². The van der Waals surface area contributed by atoms with Gasteiger partial charge in [0, 0.05) is 50.8 Å². The van der Waals surface area contributed by atoms with Gasteiger partial charge in [-0.25, -0.2) is 4.79 Å². The Morgan fingerprint density at radius 2 is 2.10 bits per heavy atom. The van der Waals surface area contributed by atoms with E-state index < -0.39 is 12.0 Å². The average Bonchev–Trinajstić information content (AvgIpc) is 3.53. The molecule has 1 heterocycles. The zero-order valence-electron chi connectivity index (χ0n) is 16.6. The van der Waals surface area contributed by atoms with Crippen LogP contribution in [0.25, 0.3) is 0 Å². The van der Waals surface area contributed by atoms with E-state index in [0.29, 0.717) is 18.2 Å². The molecule has 0 spiro atoms. The minimum Gasteiger partial charge on any atom is -0.465 e. The fourth-order valence-corrected chi connectivity index (χ4v) is 3.88. The molecular weight excluding hydrogens is 396 g/mol. The molecule has 29 heavy (non-hydrogen) atoms. The van der Waals surface area contributed by atoms with Gasteiger partial charge in [0.05, 0.1) is 0 Å². The van der Waals surface area contributed by atoms with E-state index in [-0.39, 0.29) is 37.2 Å². The molecule has 8 heteroatoms. The number of carbonyl (C=O) groups is 3. The van der Waals surface area contributed by atoms with Crippen molar-refractivity contribution in [1.29, 1.82) is 0 Å². The van der Waals surface area contributed by atoms with Gasteiger partial charge in [-0.2, -0.15) is 0 Å². The number of aryl methyl sites for hydroxylation is 1. The topological polar surface area (TPSA) is 87.2 Å². The predicted octanol–water partition coefficient (Wildman–Crippen LogP) is 2.98. The van der Waals surface area contributed by atoms with Gasteiger partial charge < -0.3 is 19.6 Å². The van der Waals surface area contributed by atoms with Gasteiger partial charge in [-0.15, -0.1) is 0 Å². The van der Waals surface area contributed by atoms with Crippen molar-refractivity contribution in [2.24, 2.45) is 5.92 Å². The Bertz CT molecular complexity index is 780. The number of benzene rings is 1. The summed E-state index contributed by atoms with van der Waals surface area (Å²) < 4.78 is 5.10. The first-order valence-corrected chi connectivity index (χ1v) is 10.4. The highest BCUT2D eigenvalue weighted by Crippen LogP contribution is 2.32. The SMILES string of the molecule is COCCCc1ccc(Cl)c(CN(C(=O)C2CN(C(=O)O)CCC2=O)C2CC2)c1. The van der Waals surface area contributed by atoms with E-state index in [1.807, 2.05) is 18.2 Å². The lowest BCUT2D eigenvalue weighted by molar-refractivity contribution is -0.144. The van der Waals surface area contributed by atoms with Gasteiger partial charge in [0.25, 0.3) is 0 Å². The van der Waals surface area contributed by atoms with Gasteiger partial charge in [-0.1, -0.05) is 23.7 Å². The number of likely N-dealkylation sites (tertiary alicyclic amines) is 1. The summed E-state index contributed by atoms with van der Waals surface area (Å²) in [6.07, 6.45) is 2.51. The molecule has 1 unspecified atom stereocenters. The number of halogens is 1. The zero-order chi connectivity index (χ0) is 21.0. The standard InChI is InChI=1S/C21H27ClN2O5/c1-29-10-2-3-14-4-7-18(22)15(11-14)12-24(16-5-6-16)20(26)17-13-23(21(27)28)9-8-19(17)25/h4,7,11,16-17H,2-3,5-6,8-10,12-13H2,1H3,(H,27,28). The van der Waals surface area contributed by atoms with Gasteiger partial charge >= 0.3 is 6.09 Å². The second-order valence-electron chi connectivity index (χ2n) is 7.72. The molecule has 2 fully saturated rings. The Morgan fingerprint density at radius 3 is 2.76 bits per heavy atom. The maximum absolute atomic E-state index is 13.2. The van der Waals surface area contributed by atoms with Crippen LogP contribution in [0.5, 0.6) is 0 Å². The van der Waals surface area contributed by atoms with Crippen molar-refractivity contribution in [1.82, 2.24) is 9.80 Å². The summed E-state index contributed by atoms with van der Waals surface area (Å²) in [5, 5.41) is 9.82. The highest BCUT2D eigenvalue weighted by atomic mass is 35.5. The predicted molar refractivity (Wildman–Crippen MR) is 108 cm³/mol. The molecule has 1 N–H and O–H groups in total. The molecule has 0 bridgehead atoms. The summed E-state index contributed by atoms with van der Waals surface area (Å²) in [6.45, 7) is 1.09. The van der Waals surface area contributed by atoms with E-state index in [9.17, 15) is 19.5 Å². The third-order valence-electron chi connectivity index (χ3n) is 5.52. The molecule has 0 aromatic heterocycles. The molecule has 1 aliphatic carbocycles. The first-order chi connectivity index (χ1) is 13.9. The number of carbonyl (C=O) groups excluding carboxylic acids is 2. The van der Waals surface area contributed by atoms with Crippen LogP contribution in [-0.4, -0.2) is 65.5 Å². The third kappa shape index (κ3) is 5.48. The lowest BCUT2D eigenvalue weighted by atomic mass is 9.94. The summed E-state index contributed by atoms with van der Waals surface area (Å²) in [7, 11) is 1.67. The molecule has 1 aromatic rings. The Kier molecular flexibility index (Phi) is 7.14. The van der Waals surface area contributed by atoms with Crippen LogP contribution in [-0.2, 0) is 27.3 Å². The van der Waals surface area contributed by atoms with Crippen molar-refractivity contribution in [3.63, 3.8) is 0 Å². The minimum atomic E-state index is -1.10. The molecule has 1 aromatic carbocycles. The summed E-state index contributed by atoms with van der Waals surface area (Å²) >= 11 is 6.40. The number of Topliss-reactive ketones (excluding diaryl/α,β-unsaturated/α-hetero) is 1. The van der Waals surface area contributed by atoms with Crippen LogP contribution in [0.3, 0.4) is 0 Å². The molecule has 2 amide bonds. The molecular formula is C21H27ClN2O5. The molecule has 3 rings (SSSR count). The molecule has 7 nitrogen and oxygen atoms in total. The lowest BCUT2D eigenvalue weighted by Gasteiger charge is -2.33. The Labute approximate surface area is 175 Å². The van der Waals surface area contributed by atoms with Crippen molar-refractivity contribution >= 4 is 29.4 Å². The van der Waals surface area contributed by atoms with E-state index in [2.05, 4.69) is 0 Å². The molecule has 158 valence electrons. The maximum Gasteiger partial charge on any atom is 0.407 e. The van der Waals surface area contributed by atoms with Crippen LogP contribution >= 0.6 is 11.6 Å². The quantitative estimate of drug-likeness (QED) is 0.514. The fraction of sp³-hybridized carbons (Fsp3) is 0.571. The van der Waals surface area contributed by atoms with Crippen LogP contribution < -0.4 is 0 Å². The summed E-state index contributed by atoms with van der Waals surface area (Å²) in [4.78, 5) is 39.7. The Hall–Kier alpha value is -2.12. The van der Waals surface area contributed by atoms with Crippen molar-refractivity contribution < 1.29 is 24.2 Å². The highest BCUT2D eigenvalue weighted by Gasteiger charge is 2.41. The van der Waals surface area contributed by atoms with Crippen molar-refractivity contribution in [2.75, 3.05) is 26.8 Å². The summed E-state index contributed by atoms with van der Waals surface area (Å²) in [5.74, 6) is -1.40. The molecule has 2 aliphatic rings. The van der Waals surface area contributed by atoms with Gasteiger partial charge in [-0.05, 0) is 42.9 Å². The van der Waals surface area contributed by atoms with Gasteiger partial charge in [0.15, 0.2) is 0 Å². The number of methoxy groups -OCH3 is 1. The first-order valence-electron chi connectivity index (χ1n) is 9.98. The van der Waals surface area contributed by atoms with Crippen LogP contribution in [0.15, 0.2) is 18.2 Å². The van der Waals surface area contributed by atoms with Crippen LogP contribution in [0, 0.1) is 5.92 Å². The Balaban J connectivity index is 1.75. The third-order valence-corrected chi connectivity index (χ3v) is 5.89. The van der Waals surface area contributed by atoms with Crippen LogP contribution in [0.2, 0.25) is 5.02 Å². The highest BCUT2D eigenvalue weighted by molar-refractivity contribution is 6.31. The number of nitrogens with zero attached hydrogens (tertiary/aromatic N) is 2. The van der Waals surface area contributed by atoms with Crippen molar-refractivity contribution in [3.05, 3.63) is 34.3 Å². The van der Waals surface area contributed by atoms with E-state index >= 15 is 0 Å². The second kappa shape index (κ2) is 9.59. The van der Waals surface area contributed by atoms with E-state index in [4.69, 9.17) is 16.3 Å². The maximum atomic E-state index is 13.2. The molecule has 1 atom stereocenters. The molecule has 1 saturated heterocycles. The largest absolute Gasteiger partial charge is 0.465 e. The first kappa shape index (κ1) is 21.6. The van der Waals surface area contributed by atoms with E-state index in [1.54, 1.807) is 12.0 Å². The van der Waals surface area contributed by atoms with Crippen molar-refractivity contribution in [3.8, 4) is 0 Å². The zero-order valence-corrected chi connectivity index (χ0v) is 17.4. The lowest BCUT2D eigenvalue weighted by Crippen LogP contribution is -2.50. The molecule has 1 aliphatic heterocycles. The molecule has 0 radical (unpaired) electrons. The number of ketones is 1. The van der Waals surface area contributed by atoms with Crippen LogP contribution in [0.4, 0.5) is 4.79 Å². The monoisotopic (exact) mass is 422 g/mol. The number of piperidine rings is 1. The normalized spacial score (nSPS) is 19.3. The number of carboxylic acid groups (broad SMARTS) is 1. The Morgan fingerprint density at radius 1 is 1.34 bits per heavy atom. The number of hydrogen-bond donors (Lipinski definition) is 1.